The summed E-state index contributed by atoms with van der Waals surface area (Å²) in [6.45, 7) is 1.99. The average molecular weight is 451 g/mol. The zero-order valence-corrected chi connectivity index (χ0v) is 18.7. The molecule has 1 aliphatic heterocycles. The standard InChI is InChI=1S/C24H27ClN6O/c25-20-14-28-22(11-16-12-29-31(15-16)18-7-10-27-13-18)30-21(20)6-5-17-3-1-2-4-19(17)24(8-9-24)23(26)32/h1-4,12,14-15,18,27H,5-11,13H2,(H2,26,32). The number of halogens is 1. The topological polar surface area (TPSA) is 98.7 Å². The van der Waals surface area contributed by atoms with Crippen LogP contribution in [0.2, 0.25) is 5.02 Å². The number of carbonyl (C=O) groups is 1. The summed E-state index contributed by atoms with van der Waals surface area (Å²) in [5, 5.41) is 8.45. The Kier molecular flexibility index (Phi) is 5.69. The molecule has 3 N–H and O–H groups in total. The lowest BCUT2D eigenvalue weighted by atomic mass is 9.88. The molecule has 2 fully saturated rings. The van der Waals surface area contributed by atoms with Gasteiger partial charge in [-0.15, -0.1) is 0 Å². The normalized spacial score (nSPS) is 19.2. The molecule has 166 valence electrons. The van der Waals surface area contributed by atoms with E-state index in [9.17, 15) is 4.79 Å². The molecule has 7 nitrogen and oxygen atoms in total. The molecule has 3 aromatic rings. The van der Waals surface area contributed by atoms with Gasteiger partial charge in [0.1, 0.15) is 5.82 Å². The minimum atomic E-state index is -0.494. The van der Waals surface area contributed by atoms with Crippen LogP contribution in [0.4, 0.5) is 0 Å². The van der Waals surface area contributed by atoms with Crippen molar-refractivity contribution in [2.45, 2.75) is 50.0 Å². The number of rotatable bonds is 8. The molecule has 8 heteroatoms. The molecular formula is C24H27ClN6O. The van der Waals surface area contributed by atoms with E-state index in [1.165, 1.54) is 0 Å². The SMILES string of the molecule is NC(=O)C1(c2ccccc2CCc2nc(Cc3cnn(C4CCNC4)c3)ncc2Cl)CC1. The Morgan fingerprint density at radius 2 is 2.09 bits per heavy atom. The molecule has 1 unspecified atom stereocenters. The number of nitrogens with zero attached hydrogens (tertiary/aromatic N) is 4. The van der Waals surface area contributed by atoms with Crippen LogP contribution >= 0.6 is 11.6 Å². The van der Waals surface area contributed by atoms with Gasteiger partial charge in [0.25, 0.3) is 0 Å². The highest BCUT2D eigenvalue weighted by molar-refractivity contribution is 6.31. The molecule has 3 heterocycles. The first-order valence-corrected chi connectivity index (χ1v) is 11.6. The minimum absolute atomic E-state index is 0.235. The molecule has 2 aromatic heterocycles. The van der Waals surface area contributed by atoms with Crippen LogP contribution < -0.4 is 11.1 Å². The van der Waals surface area contributed by atoms with Crippen molar-refractivity contribution in [2.75, 3.05) is 13.1 Å². The van der Waals surface area contributed by atoms with Crippen molar-refractivity contribution in [1.82, 2.24) is 25.1 Å². The summed E-state index contributed by atoms with van der Waals surface area (Å²) in [5.74, 6) is 0.499. The monoisotopic (exact) mass is 450 g/mol. The highest BCUT2D eigenvalue weighted by atomic mass is 35.5. The van der Waals surface area contributed by atoms with Crippen LogP contribution in [0.25, 0.3) is 0 Å². The molecule has 0 spiro atoms. The first-order valence-electron chi connectivity index (χ1n) is 11.2. The Morgan fingerprint density at radius 3 is 2.84 bits per heavy atom. The van der Waals surface area contributed by atoms with E-state index in [1.807, 2.05) is 29.1 Å². The quantitative estimate of drug-likeness (QED) is 0.549. The second kappa shape index (κ2) is 8.64. The van der Waals surface area contributed by atoms with Crippen LogP contribution in [0.5, 0.6) is 0 Å². The van der Waals surface area contributed by atoms with Crippen LogP contribution in [0.1, 0.15) is 53.5 Å². The Bertz CT molecular complexity index is 1130. The van der Waals surface area contributed by atoms with Gasteiger partial charge >= 0.3 is 0 Å². The van der Waals surface area contributed by atoms with E-state index in [4.69, 9.17) is 22.3 Å². The third-order valence-electron chi connectivity index (χ3n) is 6.68. The van der Waals surface area contributed by atoms with Crippen LogP contribution in [0.15, 0.2) is 42.9 Å². The van der Waals surface area contributed by atoms with Crippen LogP contribution in [0, 0.1) is 0 Å². The van der Waals surface area contributed by atoms with Gasteiger partial charge in [-0.2, -0.15) is 5.10 Å². The lowest BCUT2D eigenvalue weighted by Gasteiger charge is -2.16. The van der Waals surface area contributed by atoms with Crippen LogP contribution in [-0.4, -0.2) is 38.7 Å². The first kappa shape index (κ1) is 21.1. The molecule has 1 atom stereocenters. The number of primary amides is 1. The molecule has 1 aromatic carbocycles. The molecule has 1 amide bonds. The lowest BCUT2D eigenvalue weighted by molar-refractivity contribution is -0.120. The Morgan fingerprint density at radius 1 is 1.25 bits per heavy atom. The molecule has 1 saturated carbocycles. The van der Waals surface area contributed by atoms with Gasteiger partial charge in [0, 0.05) is 25.4 Å². The number of amides is 1. The number of hydrogen-bond acceptors (Lipinski definition) is 5. The maximum Gasteiger partial charge on any atom is 0.228 e. The number of benzene rings is 1. The van der Waals surface area contributed by atoms with Crippen LogP contribution in [0.3, 0.4) is 0 Å². The summed E-state index contributed by atoms with van der Waals surface area (Å²) >= 11 is 6.43. The molecule has 5 rings (SSSR count). The number of aromatic nitrogens is 4. The summed E-state index contributed by atoms with van der Waals surface area (Å²) in [6, 6.07) is 8.48. The minimum Gasteiger partial charge on any atom is -0.369 e. The number of aryl methyl sites for hydroxylation is 2. The Hall–Kier alpha value is -2.77. The number of hydrogen-bond donors (Lipinski definition) is 2. The van der Waals surface area contributed by atoms with E-state index in [1.54, 1.807) is 6.20 Å². The number of nitrogens with two attached hydrogens (primary N) is 1. The molecular weight excluding hydrogens is 424 g/mol. The fourth-order valence-corrected chi connectivity index (χ4v) is 4.84. The fraction of sp³-hybridized carbons (Fsp3) is 0.417. The third kappa shape index (κ3) is 4.14. The van der Waals surface area contributed by atoms with Gasteiger partial charge in [0.05, 0.1) is 28.4 Å². The molecule has 0 bridgehead atoms. The summed E-state index contributed by atoms with van der Waals surface area (Å²) in [4.78, 5) is 21.2. The molecule has 1 aliphatic carbocycles. The molecule has 1 saturated heterocycles. The average Bonchev–Trinajstić information content (AvgIpc) is 3.18. The van der Waals surface area contributed by atoms with Gasteiger partial charge in [-0.1, -0.05) is 35.9 Å². The summed E-state index contributed by atoms with van der Waals surface area (Å²) in [6.07, 6.45) is 10.4. The predicted molar refractivity (Wildman–Crippen MR) is 123 cm³/mol. The second-order valence-electron chi connectivity index (χ2n) is 8.84. The lowest BCUT2D eigenvalue weighted by Crippen LogP contribution is -2.29. The van der Waals surface area contributed by atoms with E-state index in [2.05, 4.69) is 27.7 Å². The highest BCUT2D eigenvalue weighted by Crippen LogP contribution is 2.49. The van der Waals surface area contributed by atoms with E-state index in [0.29, 0.717) is 23.9 Å². The first-order chi connectivity index (χ1) is 15.5. The number of carbonyl (C=O) groups excluding carboxylic acids is 1. The van der Waals surface area contributed by atoms with E-state index < -0.39 is 5.41 Å². The summed E-state index contributed by atoms with van der Waals surface area (Å²) in [5.41, 5.74) is 9.31. The number of nitrogens with one attached hydrogen (secondary N) is 1. The van der Waals surface area contributed by atoms with Crippen molar-refractivity contribution < 1.29 is 4.79 Å². The maximum atomic E-state index is 12.0. The van der Waals surface area contributed by atoms with E-state index in [0.717, 1.165) is 67.0 Å². The van der Waals surface area contributed by atoms with Crippen molar-refractivity contribution in [3.8, 4) is 0 Å². The third-order valence-corrected chi connectivity index (χ3v) is 6.99. The smallest absolute Gasteiger partial charge is 0.228 e. The Balaban J connectivity index is 1.30. The fourth-order valence-electron chi connectivity index (χ4n) is 4.65. The van der Waals surface area contributed by atoms with E-state index in [-0.39, 0.29) is 5.91 Å². The van der Waals surface area contributed by atoms with Gasteiger partial charge in [-0.25, -0.2) is 9.97 Å². The summed E-state index contributed by atoms with van der Waals surface area (Å²) < 4.78 is 2.04. The van der Waals surface area contributed by atoms with Crippen molar-refractivity contribution >= 4 is 17.5 Å². The van der Waals surface area contributed by atoms with Crippen molar-refractivity contribution in [3.05, 3.63) is 76.1 Å². The molecule has 0 radical (unpaired) electrons. The van der Waals surface area contributed by atoms with Crippen molar-refractivity contribution in [3.63, 3.8) is 0 Å². The van der Waals surface area contributed by atoms with Gasteiger partial charge < -0.3 is 11.1 Å². The van der Waals surface area contributed by atoms with Gasteiger partial charge in [-0.3, -0.25) is 9.48 Å². The predicted octanol–water partition coefficient (Wildman–Crippen LogP) is 2.75. The molecule has 32 heavy (non-hydrogen) atoms. The van der Waals surface area contributed by atoms with Crippen LogP contribution in [-0.2, 0) is 29.5 Å². The maximum absolute atomic E-state index is 12.0. The second-order valence-corrected chi connectivity index (χ2v) is 9.24. The molecule has 2 aliphatic rings. The highest BCUT2D eigenvalue weighted by Gasteiger charge is 2.50. The van der Waals surface area contributed by atoms with E-state index >= 15 is 0 Å². The van der Waals surface area contributed by atoms with Gasteiger partial charge in [-0.05, 0) is 55.3 Å². The van der Waals surface area contributed by atoms with Crippen molar-refractivity contribution in [2.24, 2.45) is 5.73 Å². The Labute approximate surface area is 192 Å². The van der Waals surface area contributed by atoms with Crippen molar-refractivity contribution in [1.29, 1.82) is 0 Å². The van der Waals surface area contributed by atoms with Gasteiger partial charge in [0.15, 0.2) is 0 Å². The largest absolute Gasteiger partial charge is 0.369 e. The zero-order valence-electron chi connectivity index (χ0n) is 17.9. The zero-order chi connectivity index (χ0) is 22.1. The van der Waals surface area contributed by atoms with Gasteiger partial charge in [0.2, 0.25) is 5.91 Å². The summed E-state index contributed by atoms with van der Waals surface area (Å²) in [7, 11) is 0.